The molecule has 0 saturated heterocycles. The number of benzene rings is 1. The van der Waals surface area contributed by atoms with E-state index < -0.39 is 0 Å². The van der Waals surface area contributed by atoms with Gasteiger partial charge >= 0.3 is 0 Å². The van der Waals surface area contributed by atoms with Gasteiger partial charge in [0.05, 0.1) is 13.1 Å². The molecule has 0 aliphatic carbocycles. The summed E-state index contributed by atoms with van der Waals surface area (Å²) in [6, 6.07) is 12.9. The van der Waals surface area contributed by atoms with Gasteiger partial charge in [-0.05, 0) is 44.3 Å². The molecule has 0 atom stereocenters. The first-order valence-corrected chi connectivity index (χ1v) is 8.81. The van der Waals surface area contributed by atoms with E-state index in [0.717, 1.165) is 25.6 Å². The number of aryl methyl sites for hydroxylation is 1. The number of guanidine groups is 1. The first-order valence-electron chi connectivity index (χ1n) is 8.81. The van der Waals surface area contributed by atoms with Gasteiger partial charge in [0.15, 0.2) is 5.96 Å². The van der Waals surface area contributed by atoms with Crippen LogP contribution in [0.25, 0.3) is 0 Å². The molecule has 1 aromatic carbocycles. The molecule has 0 radical (unpaired) electrons. The quantitative estimate of drug-likeness (QED) is 0.621. The van der Waals surface area contributed by atoms with Gasteiger partial charge in [0, 0.05) is 39.1 Å². The normalized spacial score (nSPS) is 11.8. The fourth-order valence-corrected chi connectivity index (χ4v) is 2.73. The van der Waals surface area contributed by atoms with Crippen LogP contribution in [-0.4, -0.2) is 48.0 Å². The molecule has 0 aliphatic heterocycles. The van der Waals surface area contributed by atoms with Crippen LogP contribution in [0.3, 0.4) is 0 Å². The van der Waals surface area contributed by atoms with Crippen molar-refractivity contribution in [2.75, 3.05) is 27.7 Å². The molecule has 0 unspecified atom stereocenters. The summed E-state index contributed by atoms with van der Waals surface area (Å²) in [5.74, 6) is 0.932. The molecule has 1 heterocycles. The van der Waals surface area contributed by atoms with Gasteiger partial charge in [0.1, 0.15) is 0 Å². The van der Waals surface area contributed by atoms with Crippen molar-refractivity contribution in [1.82, 2.24) is 19.7 Å². The molecule has 2 rings (SSSR count). The van der Waals surface area contributed by atoms with Crippen LogP contribution in [-0.2, 0) is 26.7 Å². The summed E-state index contributed by atoms with van der Waals surface area (Å²) in [5.41, 5.74) is 3.82. The second-order valence-electron chi connectivity index (χ2n) is 6.69. The van der Waals surface area contributed by atoms with Crippen LogP contribution in [0.1, 0.15) is 23.7 Å². The van der Waals surface area contributed by atoms with Crippen molar-refractivity contribution < 1.29 is 0 Å². The third kappa shape index (κ3) is 5.94. The number of aromatic nitrogens is 1. The van der Waals surface area contributed by atoms with E-state index in [2.05, 4.69) is 97.4 Å². The Morgan fingerprint density at radius 1 is 1.04 bits per heavy atom. The molecule has 0 fully saturated rings. The lowest BCUT2D eigenvalue weighted by molar-refractivity contribution is 0.402. The Labute approximate surface area is 152 Å². The van der Waals surface area contributed by atoms with Crippen molar-refractivity contribution in [2.45, 2.75) is 26.6 Å². The van der Waals surface area contributed by atoms with Gasteiger partial charge in [0.25, 0.3) is 0 Å². The average Bonchev–Trinajstić information content (AvgIpc) is 2.97. The number of hydrogen-bond acceptors (Lipinski definition) is 2. The van der Waals surface area contributed by atoms with Gasteiger partial charge in [-0.2, -0.15) is 0 Å². The highest BCUT2D eigenvalue weighted by atomic mass is 15.3. The van der Waals surface area contributed by atoms with E-state index in [-0.39, 0.29) is 0 Å². The van der Waals surface area contributed by atoms with Gasteiger partial charge in [-0.3, -0.25) is 0 Å². The highest BCUT2D eigenvalue weighted by molar-refractivity contribution is 5.79. The molecular weight excluding hydrogens is 310 g/mol. The highest BCUT2D eigenvalue weighted by Gasteiger charge is 2.08. The number of nitrogens with one attached hydrogen (secondary N) is 1. The Hall–Kier alpha value is -2.27. The van der Waals surface area contributed by atoms with E-state index in [1.807, 2.05) is 0 Å². The van der Waals surface area contributed by atoms with Crippen molar-refractivity contribution in [2.24, 2.45) is 12.0 Å². The van der Waals surface area contributed by atoms with Gasteiger partial charge in [-0.25, -0.2) is 4.99 Å². The van der Waals surface area contributed by atoms with E-state index in [0.29, 0.717) is 6.54 Å². The predicted octanol–water partition coefficient (Wildman–Crippen LogP) is 2.68. The van der Waals surface area contributed by atoms with E-state index in [4.69, 9.17) is 4.99 Å². The Kier molecular flexibility index (Phi) is 7.07. The molecule has 25 heavy (non-hydrogen) atoms. The first-order chi connectivity index (χ1) is 12.0. The fourth-order valence-electron chi connectivity index (χ4n) is 2.73. The Morgan fingerprint density at radius 3 is 2.28 bits per heavy atom. The van der Waals surface area contributed by atoms with Crippen LogP contribution in [0.2, 0.25) is 0 Å². The molecule has 0 saturated carbocycles. The lowest BCUT2D eigenvalue weighted by Gasteiger charge is -2.22. The molecule has 0 aliphatic rings. The molecule has 0 spiro atoms. The van der Waals surface area contributed by atoms with Crippen LogP contribution in [0.5, 0.6) is 0 Å². The summed E-state index contributed by atoms with van der Waals surface area (Å²) in [6.07, 6.45) is 2.07. The van der Waals surface area contributed by atoms with Gasteiger partial charge < -0.3 is 19.7 Å². The Balaban J connectivity index is 2.02. The maximum atomic E-state index is 4.80. The second-order valence-corrected chi connectivity index (χ2v) is 6.69. The van der Waals surface area contributed by atoms with Crippen molar-refractivity contribution in [1.29, 1.82) is 0 Å². The average molecular weight is 342 g/mol. The molecule has 5 nitrogen and oxygen atoms in total. The lowest BCUT2D eigenvalue weighted by Crippen LogP contribution is -2.38. The van der Waals surface area contributed by atoms with E-state index >= 15 is 0 Å². The van der Waals surface area contributed by atoms with Crippen LogP contribution >= 0.6 is 0 Å². The van der Waals surface area contributed by atoms with Crippen LogP contribution < -0.4 is 5.32 Å². The standard InChI is InChI=1S/C20H31N5/c1-6-21-20(25(5)16-19-8-7-13-24(19)4)22-14-17-9-11-18(12-10-17)15-23(2)3/h7-13H,6,14-16H2,1-5H3,(H,21,22). The zero-order valence-corrected chi connectivity index (χ0v) is 16.2. The molecule has 0 bridgehead atoms. The minimum Gasteiger partial charge on any atom is -0.357 e. The third-order valence-corrected chi connectivity index (χ3v) is 4.08. The Bertz CT molecular complexity index is 670. The minimum atomic E-state index is 0.683. The number of aliphatic imine (C=N–C) groups is 1. The molecule has 2 aromatic rings. The summed E-state index contributed by atoms with van der Waals surface area (Å²) in [4.78, 5) is 9.14. The van der Waals surface area contributed by atoms with Crippen molar-refractivity contribution in [3.63, 3.8) is 0 Å². The largest absolute Gasteiger partial charge is 0.357 e. The van der Waals surface area contributed by atoms with E-state index in [1.54, 1.807) is 0 Å². The predicted molar refractivity (Wildman–Crippen MR) is 106 cm³/mol. The van der Waals surface area contributed by atoms with Crippen LogP contribution in [0.15, 0.2) is 47.6 Å². The molecule has 136 valence electrons. The van der Waals surface area contributed by atoms with Crippen LogP contribution in [0.4, 0.5) is 0 Å². The van der Waals surface area contributed by atoms with Crippen LogP contribution in [0, 0.1) is 0 Å². The monoisotopic (exact) mass is 341 g/mol. The summed E-state index contributed by atoms with van der Waals surface area (Å²) < 4.78 is 2.14. The van der Waals surface area contributed by atoms with Crippen molar-refractivity contribution >= 4 is 5.96 Å². The summed E-state index contributed by atoms with van der Waals surface area (Å²) in [6.45, 7) is 5.44. The maximum absolute atomic E-state index is 4.80. The molecule has 1 N–H and O–H groups in total. The second kappa shape index (κ2) is 9.28. The SMILES string of the molecule is CCNC(=NCc1ccc(CN(C)C)cc1)N(C)Cc1cccn1C. The minimum absolute atomic E-state index is 0.683. The van der Waals surface area contributed by atoms with Crippen molar-refractivity contribution in [3.8, 4) is 0 Å². The first kappa shape index (κ1) is 19.1. The lowest BCUT2D eigenvalue weighted by atomic mass is 10.1. The highest BCUT2D eigenvalue weighted by Crippen LogP contribution is 2.08. The summed E-state index contributed by atoms with van der Waals surface area (Å²) in [5, 5.41) is 3.38. The van der Waals surface area contributed by atoms with E-state index in [9.17, 15) is 0 Å². The topological polar surface area (TPSA) is 35.8 Å². The fraction of sp³-hybridized carbons (Fsp3) is 0.450. The summed E-state index contributed by atoms with van der Waals surface area (Å²) in [7, 11) is 8.32. The van der Waals surface area contributed by atoms with E-state index in [1.165, 1.54) is 16.8 Å². The zero-order chi connectivity index (χ0) is 18.2. The molecular formula is C20H31N5. The zero-order valence-electron chi connectivity index (χ0n) is 16.2. The molecule has 5 heteroatoms. The third-order valence-electron chi connectivity index (χ3n) is 4.08. The number of hydrogen-bond donors (Lipinski definition) is 1. The summed E-state index contributed by atoms with van der Waals surface area (Å²) >= 11 is 0. The van der Waals surface area contributed by atoms with Crippen molar-refractivity contribution in [3.05, 3.63) is 59.4 Å². The van der Waals surface area contributed by atoms with Gasteiger partial charge in [-0.15, -0.1) is 0 Å². The maximum Gasteiger partial charge on any atom is 0.194 e. The molecule has 0 amide bonds. The smallest absolute Gasteiger partial charge is 0.194 e. The van der Waals surface area contributed by atoms with Gasteiger partial charge in [0.2, 0.25) is 0 Å². The Morgan fingerprint density at radius 2 is 1.72 bits per heavy atom. The number of rotatable bonds is 7. The molecule has 1 aromatic heterocycles. The van der Waals surface area contributed by atoms with Gasteiger partial charge in [-0.1, -0.05) is 24.3 Å². The number of nitrogens with zero attached hydrogens (tertiary/aromatic N) is 4.